The van der Waals surface area contributed by atoms with Crippen LogP contribution in [0.2, 0.25) is 0 Å². The van der Waals surface area contributed by atoms with Crippen molar-refractivity contribution in [2.24, 2.45) is 11.7 Å². The molecule has 1 aliphatic carbocycles. The van der Waals surface area contributed by atoms with Crippen LogP contribution in [-0.2, 0) is 9.53 Å². The Morgan fingerprint density at radius 3 is 2.80 bits per heavy atom. The summed E-state index contributed by atoms with van der Waals surface area (Å²) in [4.78, 5) is 13.7. The van der Waals surface area contributed by atoms with E-state index in [2.05, 4.69) is 0 Å². The molecule has 0 radical (unpaired) electrons. The molecule has 1 aliphatic rings. The fraction of sp³-hybridized carbons (Fsp3) is 0.909. The number of amides is 1. The number of nitrogens with two attached hydrogens (primary N) is 1. The van der Waals surface area contributed by atoms with Crippen molar-refractivity contribution in [3.63, 3.8) is 0 Å². The number of rotatable bonds is 5. The number of hydrogen-bond acceptors (Lipinski definition) is 3. The van der Waals surface area contributed by atoms with Gasteiger partial charge in [0.1, 0.15) is 0 Å². The Hall–Kier alpha value is -0.610. The van der Waals surface area contributed by atoms with Gasteiger partial charge in [0, 0.05) is 32.2 Å². The first-order valence-electron chi connectivity index (χ1n) is 5.73. The van der Waals surface area contributed by atoms with E-state index in [9.17, 15) is 4.79 Å². The van der Waals surface area contributed by atoms with Crippen LogP contribution >= 0.6 is 0 Å². The van der Waals surface area contributed by atoms with Crippen LogP contribution in [0.3, 0.4) is 0 Å². The normalized spacial score (nSPS) is 25.5. The third kappa shape index (κ3) is 3.80. The molecule has 0 spiro atoms. The molecule has 1 rings (SSSR count). The van der Waals surface area contributed by atoms with Crippen LogP contribution in [0.5, 0.6) is 0 Å². The van der Waals surface area contributed by atoms with Gasteiger partial charge in [-0.3, -0.25) is 4.79 Å². The zero-order valence-electron chi connectivity index (χ0n) is 9.74. The van der Waals surface area contributed by atoms with E-state index in [1.54, 1.807) is 4.90 Å². The van der Waals surface area contributed by atoms with E-state index >= 15 is 0 Å². The predicted molar refractivity (Wildman–Crippen MR) is 59.4 cm³/mol. The van der Waals surface area contributed by atoms with Crippen LogP contribution in [0.1, 0.15) is 26.2 Å². The van der Waals surface area contributed by atoms with Gasteiger partial charge in [0.15, 0.2) is 0 Å². The number of nitrogens with zero attached hydrogens (tertiary/aromatic N) is 1. The molecule has 0 bridgehead atoms. The lowest BCUT2D eigenvalue weighted by atomic mass is 10.1. The summed E-state index contributed by atoms with van der Waals surface area (Å²) in [7, 11) is 1.84. The first kappa shape index (κ1) is 12.5. The molecule has 88 valence electrons. The minimum Gasteiger partial charge on any atom is -0.380 e. The largest absolute Gasteiger partial charge is 0.380 e. The van der Waals surface area contributed by atoms with E-state index in [0.29, 0.717) is 19.8 Å². The number of likely N-dealkylation sites (N-methyl/N-ethyl adjacent to an activating group) is 1. The summed E-state index contributed by atoms with van der Waals surface area (Å²) >= 11 is 0. The van der Waals surface area contributed by atoms with E-state index in [-0.39, 0.29) is 17.9 Å². The highest BCUT2D eigenvalue weighted by Crippen LogP contribution is 2.25. The Balaban J connectivity index is 2.26. The topological polar surface area (TPSA) is 55.6 Å². The summed E-state index contributed by atoms with van der Waals surface area (Å²) in [5.74, 6) is 0.370. The molecular weight excluding hydrogens is 192 g/mol. The van der Waals surface area contributed by atoms with Crippen molar-refractivity contribution in [3.05, 3.63) is 0 Å². The molecule has 4 nitrogen and oxygen atoms in total. The molecule has 2 unspecified atom stereocenters. The van der Waals surface area contributed by atoms with Crippen molar-refractivity contribution < 1.29 is 9.53 Å². The summed E-state index contributed by atoms with van der Waals surface area (Å²) in [5.41, 5.74) is 5.79. The lowest BCUT2D eigenvalue weighted by Gasteiger charge is -2.20. The fourth-order valence-electron chi connectivity index (χ4n) is 2.01. The zero-order chi connectivity index (χ0) is 11.3. The minimum atomic E-state index is 0.145. The molecule has 2 N–H and O–H groups in total. The van der Waals surface area contributed by atoms with Gasteiger partial charge in [0.25, 0.3) is 0 Å². The van der Waals surface area contributed by atoms with E-state index in [4.69, 9.17) is 10.5 Å². The highest BCUT2D eigenvalue weighted by molar-refractivity contribution is 5.78. The van der Waals surface area contributed by atoms with Gasteiger partial charge in [0.05, 0.1) is 6.61 Å². The third-order valence-corrected chi connectivity index (χ3v) is 2.97. The summed E-state index contributed by atoms with van der Waals surface area (Å²) in [6.07, 6.45) is 2.77. The smallest absolute Gasteiger partial charge is 0.225 e. The Morgan fingerprint density at radius 2 is 2.27 bits per heavy atom. The third-order valence-electron chi connectivity index (χ3n) is 2.97. The van der Waals surface area contributed by atoms with Crippen molar-refractivity contribution in [2.45, 2.75) is 32.2 Å². The highest BCUT2D eigenvalue weighted by atomic mass is 16.5. The first-order chi connectivity index (χ1) is 7.15. The van der Waals surface area contributed by atoms with Gasteiger partial charge in [-0.2, -0.15) is 0 Å². The Bertz CT molecular complexity index is 209. The maximum Gasteiger partial charge on any atom is 0.225 e. The molecule has 0 heterocycles. The van der Waals surface area contributed by atoms with Crippen molar-refractivity contribution in [1.29, 1.82) is 0 Å². The van der Waals surface area contributed by atoms with E-state index in [1.807, 2.05) is 14.0 Å². The molecule has 2 atom stereocenters. The maximum atomic E-state index is 11.9. The summed E-state index contributed by atoms with van der Waals surface area (Å²) in [6, 6.07) is 0.222. The predicted octanol–water partition coefficient (Wildman–Crippen LogP) is 0.609. The minimum absolute atomic E-state index is 0.145. The standard InChI is InChI=1S/C11H22N2O2/c1-3-15-7-6-13(2)11(14)9-4-5-10(12)8-9/h9-10H,3-8,12H2,1-2H3. The molecule has 4 heteroatoms. The van der Waals surface area contributed by atoms with Gasteiger partial charge in [0.2, 0.25) is 5.91 Å². The van der Waals surface area contributed by atoms with Crippen molar-refractivity contribution in [1.82, 2.24) is 4.90 Å². The van der Waals surface area contributed by atoms with Crippen molar-refractivity contribution in [3.8, 4) is 0 Å². The second-order valence-corrected chi connectivity index (χ2v) is 4.23. The molecule has 1 amide bonds. The maximum absolute atomic E-state index is 11.9. The lowest BCUT2D eigenvalue weighted by molar-refractivity contribution is -0.134. The molecular formula is C11H22N2O2. The summed E-state index contributed by atoms with van der Waals surface area (Å²) < 4.78 is 5.22. The second-order valence-electron chi connectivity index (χ2n) is 4.23. The van der Waals surface area contributed by atoms with Crippen LogP contribution in [-0.4, -0.2) is 43.7 Å². The molecule has 0 aromatic carbocycles. The number of carbonyl (C=O) groups is 1. The molecule has 0 aromatic rings. The van der Waals surface area contributed by atoms with Gasteiger partial charge in [-0.1, -0.05) is 0 Å². The SMILES string of the molecule is CCOCCN(C)C(=O)C1CCC(N)C1. The number of ether oxygens (including phenoxy) is 1. The molecule has 1 fully saturated rings. The fourth-order valence-corrected chi connectivity index (χ4v) is 2.01. The zero-order valence-corrected chi connectivity index (χ0v) is 9.74. The van der Waals surface area contributed by atoms with Gasteiger partial charge >= 0.3 is 0 Å². The summed E-state index contributed by atoms with van der Waals surface area (Å²) in [5, 5.41) is 0. The number of carbonyl (C=O) groups excluding carboxylic acids is 1. The van der Waals surface area contributed by atoms with Gasteiger partial charge in [-0.05, 0) is 26.2 Å². The molecule has 0 aromatic heterocycles. The van der Waals surface area contributed by atoms with Gasteiger partial charge in [-0.15, -0.1) is 0 Å². The van der Waals surface area contributed by atoms with Crippen LogP contribution < -0.4 is 5.73 Å². The van der Waals surface area contributed by atoms with Gasteiger partial charge < -0.3 is 15.4 Å². The van der Waals surface area contributed by atoms with E-state index in [0.717, 1.165) is 19.3 Å². The monoisotopic (exact) mass is 214 g/mol. The van der Waals surface area contributed by atoms with Crippen LogP contribution in [0.15, 0.2) is 0 Å². The van der Waals surface area contributed by atoms with E-state index < -0.39 is 0 Å². The highest BCUT2D eigenvalue weighted by Gasteiger charge is 2.29. The molecule has 15 heavy (non-hydrogen) atoms. The average molecular weight is 214 g/mol. The molecule has 0 saturated heterocycles. The average Bonchev–Trinajstić information content (AvgIpc) is 2.64. The molecule has 1 saturated carbocycles. The first-order valence-corrected chi connectivity index (χ1v) is 5.73. The van der Waals surface area contributed by atoms with Gasteiger partial charge in [-0.25, -0.2) is 0 Å². The Labute approximate surface area is 91.8 Å². The number of hydrogen-bond donors (Lipinski definition) is 1. The van der Waals surface area contributed by atoms with E-state index in [1.165, 1.54) is 0 Å². The lowest BCUT2D eigenvalue weighted by Crippen LogP contribution is -2.35. The second kappa shape index (κ2) is 6.08. The summed E-state index contributed by atoms with van der Waals surface area (Å²) in [6.45, 7) is 3.96. The van der Waals surface area contributed by atoms with Crippen molar-refractivity contribution in [2.75, 3.05) is 26.8 Å². The molecule has 0 aliphatic heterocycles. The Morgan fingerprint density at radius 1 is 1.53 bits per heavy atom. The quantitative estimate of drug-likeness (QED) is 0.682. The van der Waals surface area contributed by atoms with Crippen LogP contribution in [0, 0.1) is 5.92 Å². The van der Waals surface area contributed by atoms with Crippen LogP contribution in [0.25, 0.3) is 0 Å². The van der Waals surface area contributed by atoms with Crippen LogP contribution in [0.4, 0.5) is 0 Å². The van der Waals surface area contributed by atoms with Crippen molar-refractivity contribution >= 4 is 5.91 Å². The Kier molecular flexibility index (Phi) is 5.05.